The van der Waals surface area contributed by atoms with E-state index in [1.165, 1.54) is 30.2 Å². The number of carbonyl (C=O) groups excluding carboxylic acids is 1. The Hall–Kier alpha value is -4.18. The molecule has 1 heterocycles. The van der Waals surface area contributed by atoms with Crippen molar-refractivity contribution in [2.24, 2.45) is 5.10 Å². The minimum atomic E-state index is -0.342. The van der Waals surface area contributed by atoms with Gasteiger partial charge in [-0.25, -0.2) is 10.4 Å². The van der Waals surface area contributed by atoms with Crippen molar-refractivity contribution >= 4 is 61.8 Å². The Morgan fingerprint density at radius 2 is 1.79 bits per heavy atom. The number of hydrogen-bond donors (Lipinski definition) is 2. The van der Waals surface area contributed by atoms with Crippen molar-refractivity contribution in [3.63, 3.8) is 0 Å². The van der Waals surface area contributed by atoms with Gasteiger partial charge < -0.3 is 14.8 Å². The molecule has 212 valence electrons. The number of halogens is 2. The molecule has 1 amide bonds. The summed E-state index contributed by atoms with van der Waals surface area (Å²) in [4.78, 5) is 17.3. The fourth-order valence-corrected chi connectivity index (χ4v) is 5.21. The van der Waals surface area contributed by atoms with Crippen LogP contribution in [0.25, 0.3) is 11.3 Å². The van der Waals surface area contributed by atoms with Gasteiger partial charge in [-0.2, -0.15) is 5.10 Å². The number of anilines is 2. The third kappa shape index (κ3) is 7.55. The normalized spacial score (nSPS) is 11.0. The molecule has 0 aliphatic carbocycles. The highest BCUT2D eigenvalue weighted by Crippen LogP contribution is 2.36. The van der Waals surface area contributed by atoms with Crippen LogP contribution < -0.4 is 20.2 Å². The second-order valence-electron chi connectivity index (χ2n) is 9.25. The lowest BCUT2D eigenvalue weighted by molar-refractivity contribution is 0.0955. The number of aryl methyl sites for hydroxylation is 1. The quantitative estimate of drug-likeness (QED) is 0.116. The van der Waals surface area contributed by atoms with E-state index in [2.05, 4.69) is 55.8 Å². The Morgan fingerprint density at radius 1 is 1.05 bits per heavy atom. The van der Waals surface area contributed by atoms with Crippen LogP contribution in [0.3, 0.4) is 0 Å². The van der Waals surface area contributed by atoms with Crippen LogP contribution in [-0.4, -0.2) is 24.2 Å². The SMILES string of the molecule is COc1cc(/C=N\NC(=O)c2ccc(-c3csc(Nc4ccc(C)cc4)n3)cc2)cc(Cl)c1OCc1ccc(Br)cc1. The molecule has 0 fully saturated rings. The monoisotopic (exact) mass is 660 g/mol. The third-order valence-corrected chi connectivity index (χ3v) is 7.74. The summed E-state index contributed by atoms with van der Waals surface area (Å²) in [5.41, 5.74) is 8.57. The van der Waals surface area contributed by atoms with Gasteiger partial charge in [0.1, 0.15) is 6.61 Å². The number of rotatable bonds is 10. The summed E-state index contributed by atoms with van der Waals surface area (Å²) in [5, 5.41) is 10.6. The first-order valence-electron chi connectivity index (χ1n) is 12.9. The molecular weight excluding hydrogens is 636 g/mol. The Morgan fingerprint density at radius 3 is 2.50 bits per heavy atom. The van der Waals surface area contributed by atoms with Crippen molar-refractivity contribution in [2.45, 2.75) is 13.5 Å². The second-order valence-corrected chi connectivity index (χ2v) is 11.4. The number of methoxy groups -OCH3 is 1. The summed E-state index contributed by atoms with van der Waals surface area (Å²) >= 11 is 11.4. The first-order valence-corrected chi connectivity index (χ1v) is 14.9. The van der Waals surface area contributed by atoms with E-state index in [1.54, 1.807) is 24.3 Å². The number of aromatic nitrogens is 1. The fourth-order valence-electron chi connectivity index (χ4n) is 3.94. The van der Waals surface area contributed by atoms with Crippen LogP contribution in [0.5, 0.6) is 11.5 Å². The number of carbonyl (C=O) groups is 1. The molecule has 0 unspecified atom stereocenters. The molecule has 0 bridgehead atoms. The number of thiazole rings is 1. The van der Waals surface area contributed by atoms with Crippen molar-refractivity contribution in [1.82, 2.24) is 10.4 Å². The zero-order valence-corrected chi connectivity index (χ0v) is 25.9. The molecule has 4 aromatic carbocycles. The highest BCUT2D eigenvalue weighted by atomic mass is 79.9. The van der Waals surface area contributed by atoms with Gasteiger partial charge in [0.2, 0.25) is 0 Å². The largest absolute Gasteiger partial charge is 0.493 e. The lowest BCUT2D eigenvalue weighted by atomic mass is 10.1. The van der Waals surface area contributed by atoms with E-state index in [9.17, 15) is 4.79 Å². The van der Waals surface area contributed by atoms with Gasteiger partial charge in [0.15, 0.2) is 16.6 Å². The van der Waals surface area contributed by atoms with Crippen LogP contribution in [0.1, 0.15) is 27.0 Å². The lowest BCUT2D eigenvalue weighted by Gasteiger charge is -2.13. The van der Waals surface area contributed by atoms with Crippen molar-refractivity contribution in [2.75, 3.05) is 12.4 Å². The van der Waals surface area contributed by atoms with Crippen LogP contribution in [0.2, 0.25) is 5.02 Å². The molecule has 5 aromatic rings. The Balaban J connectivity index is 1.18. The third-order valence-electron chi connectivity index (χ3n) is 6.18. The molecule has 7 nitrogen and oxygen atoms in total. The van der Waals surface area contributed by atoms with Crippen LogP contribution >= 0.6 is 38.9 Å². The highest BCUT2D eigenvalue weighted by molar-refractivity contribution is 9.10. The molecule has 0 aliphatic heterocycles. The second kappa shape index (κ2) is 13.7. The molecule has 0 saturated heterocycles. The van der Waals surface area contributed by atoms with E-state index in [-0.39, 0.29) is 5.91 Å². The Kier molecular flexibility index (Phi) is 9.53. The topological polar surface area (TPSA) is 84.8 Å². The molecule has 5 rings (SSSR count). The summed E-state index contributed by atoms with van der Waals surface area (Å²) in [7, 11) is 1.54. The van der Waals surface area contributed by atoms with E-state index in [0.29, 0.717) is 34.3 Å². The summed E-state index contributed by atoms with van der Waals surface area (Å²) in [6.45, 7) is 2.39. The number of nitrogens with zero attached hydrogens (tertiary/aromatic N) is 2. The van der Waals surface area contributed by atoms with Gasteiger partial charge in [0, 0.05) is 26.7 Å². The number of nitrogens with one attached hydrogen (secondary N) is 2. The molecule has 1 aromatic heterocycles. The van der Waals surface area contributed by atoms with Crippen LogP contribution in [0, 0.1) is 6.92 Å². The van der Waals surface area contributed by atoms with E-state index in [1.807, 2.05) is 53.9 Å². The summed E-state index contributed by atoms with van der Waals surface area (Å²) in [6, 6.07) is 26.6. The highest BCUT2D eigenvalue weighted by Gasteiger charge is 2.13. The Labute approximate surface area is 261 Å². The number of benzene rings is 4. The molecule has 0 radical (unpaired) electrons. The van der Waals surface area contributed by atoms with E-state index < -0.39 is 0 Å². The van der Waals surface area contributed by atoms with Gasteiger partial charge in [-0.1, -0.05) is 69.5 Å². The van der Waals surface area contributed by atoms with Gasteiger partial charge >= 0.3 is 0 Å². The summed E-state index contributed by atoms with van der Waals surface area (Å²) in [6.07, 6.45) is 1.50. The van der Waals surface area contributed by atoms with Gasteiger partial charge in [-0.15, -0.1) is 11.3 Å². The van der Waals surface area contributed by atoms with Gasteiger partial charge in [-0.05, 0) is 66.6 Å². The lowest BCUT2D eigenvalue weighted by Crippen LogP contribution is -2.17. The molecule has 0 atom stereocenters. The van der Waals surface area contributed by atoms with Crippen LogP contribution in [0.4, 0.5) is 10.8 Å². The number of hydrogen-bond acceptors (Lipinski definition) is 7. The van der Waals surface area contributed by atoms with Gasteiger partial charge in [-0.3, -0.25) is 4.79 Å². The number of amides is 1. The number of ether oxygens (including phenoxy) is 2. The molecule has 10 heteroatoms. The number of hydrazone groups is 1. The van der Waals surface area contributed by atoms with Crippen molar-refractivity contribution in [3.8, 4) is 22.8 Å². The molecule has 42 heavy (non-hydrogen) atoms. The zero-order chi connectivity index (χ0) is 29.5. The molecule has 2 N–H and O–H groups in total. The molecular formula is C32H26BrClN4O3S. The Bertz CT molecular complexity index is 1710. The van der Waals surface area contributed by atoms with E-state index in [4.69, 9.17) is 21.1 Å². The van der Waals surface area contributed by atoms with Gasteiger partial charge in [0.25, 0.3) is 5.91 Å². The maximum Gasteiger partial charge on any atom is 0.271 e. The van der Waals surface area contributed by atoms with Crippen LogP contribution in [0.15, 0.2) is 99.9 Å². The first-order chi connectivity index (χ1) is 20.4. The summed E-state index contributed by atoms with van der Waals surface area (Å²) < 4.78 is 12.4. The molecule has 0 saturated carbocycles. The average molecular weight is 662 g/mol. The van der Waals surface area contributed by atoms with Crippen LogP contribution in [-0.2, 0) is 6.61 Å². The molecule has 0 spiro atoms. The average Bonchev–Trinajstić information content (AvgIpc) is 3.47. The summed E-state index contributed by atoms with van der Waals surface area (Å²) in [5.74, 6) is 0.550. The van der Waals surface area contributed by atoms with Gasteiger partial charge in [0.05, 0.1) is 24.0 Å². The van der Waals surface area contributed by atoms with Crippen molar-refractivity contribution < 1.29 is 14.3 Å². The maximum atomic E-state index is 12.7. The van der Waals surface area contributed by atoms with Crippen molar-refractivity contribution in [1.29, 1.82) is 0 Å². The maximum absolute atomic E-state index is 12.7. The van der Waals surface area contributed by atoms with E-state index >= 15 is 0 Å². The van der Waals surface area contributed by atoms with E-state index in [0.717, 1.165) is 32.1 Å². The predicted octanol–water partition coefficient (Wildman–Crippen LogP) is 8.63. The predicted molar refractivity (Wildman–Crippen MR) is 174 cm³/mol. The smallest absolute Gasteiger partial charge is 0.271 e. The fraction of sp³-hybridized carbons (Fsp3) is 0.0938. The standard InChI is InChI=1S/C32H26BrClN4O3S/c1-20-3-13-26(14-4-20)36-32-37-28(19-42-32)23-7-9-24(10-8-23)31(39)38-35-17-22-15-27(34)30(29(16-22)40-2)41-18-21-5-11-25(33)12-6-21/h3-17,19H,18H2,1-2H3,(H,36,37)(H,38,39)/b35-17-. The minimum Gasteiger partial charge on any atom is -0.493 e. The zero-order valence-electron chi connectivity index (χ0n) is 22.7. The molecule has 0 aliphatic rings. The van der Waals surface area contributed by atoms with Crippen molar-refractivity contribution in [3.05, 3.63) is 122 Å². The minimum absolute atomic E-state index is 0.333. The first kappa shape index (κ1) is 29.3.